The van der Waals surface area contributed by atoms with Crippen LogP contribution in [0.1, 0.15) is 34.7 Å². The van der Waals surface area contributed by atoms with Crippen molar-refractivity contribution in [1.82, 2.24) is 4.57 Å². The van der Waals surface area contributed by atoms with Gasteiger partial charge in [-0.25, -0.2) is 4.99 Å². The summed E-state index contributed by atoms with van der Waals surface area (Å²) in [7, 11) is 0. The van der Waals surface area contributed by atoms with Crippen LogP contribution in [0.5, 0.6) is 5.75 Å². The summed E-state index contributed by atoms with van der Waals surface area (Å²) in [4.78, 5) is 30.0. The normalized spacial score (nSPS) is 16.7. The molecule has 36 heavy (non-hydrogen) atoms. The second-order valence-corrected chi connectivity index (χ2v) is 10.6. The van der Waals surface area contributed by atoms with E-state index in [0.29, 0.717) is 13.8 Å². The Morgan fingerprint density at radius 3 is 2.64 bits per heavy atom. The van der Waals surface area contributed by atoms with Crippen LogP contribution in [0.2, 0.25) is 0 Å². The molecule has 3 aromatic carbocycles. The molecule has 2 heterocycles. The first-order chi connectivity index (χ1) is 17.4. The van der Waals surface area contributed by atoms with Gasteiger partial charge in [0.1, 0.15) is 0 Å². The molecule has 178 valence electrons. The van der Waals surface area contributed by atoms with E-state index in [1.807, 2.05) is 42.5 Å². The van der Waals surface area contributed by atoms with Crippen molar-refractivity contribution >= 4 is 44.7 Å². The van der Waals surface area contributed by atoms with Crippen LogP contribution in [0.15, 0.2) is 86.6 Å². The second kappa shape index (κ2) is 8.69. The molecule has 7 nitrogen and oxygen atoms in total. The quantitative estimate of drug-likeness (QED) is 0.290. The Morgan fingerprint density at radius 1 is 1.11 bits per heavy atom. The Bertz CT molecular complexity index is 1770. The molecule has 0 radical (unpaired) electrons. The van der Waals surface area contributed by atoms with Gasteiger partial charge >= 0.3 is 5.69 Å². The number of nitrogens with zero attached hydrogens (tertiary/aromatic N) is 3. The van der Waals surface area contributed by atoms with Crippen molar-refractivity contribution in [3.8, 4) is 5.75 Å². The minimum atomic E-state index is -0.653. The average Bonchev–Trinajstić information content (AvgIpc) is 3.19. The van der Waals surface area contributed by atoms with E-state index in [1.54, 1.807) is 10.6 Å². The van der Waals surface area contributed by atoms with Crippen LogP contribution < -0.4 is 14.9 Å². The van der Waals surface area contributed by atoms with Gasteiger partial charge in [0.15, 0.2) is 4.80 Å². The largest absolute Gasteiger partial charge is 0.502 e. The highest BCUT2D eigenvalue weighted by atomic mass is 79.9. The number of rotatable bonds is 3. The molecule has 0 bridgehead atoms. The lowest BCUT2D eigenvalue weighted by atomic mass is 9.83. The van der Waals surface area contributed by atoms with Crippen molar-refractivity contribution in [3.63, 3.8) is 0 Å². The van der Waals surface area contributed by atoms with E-state index in [9.17, 15) is 20.0 Å². The molecule has 0 saturated heterocycles. The number of nitro groups is 1. The number of hydrogen-bond donors (Lipinski definition) is 1. The molecule has 6 rings (SSSR count). The molecule has 1 aliphatic carbocycles. The summed E-state index contributed by atoms with van der Waals surface area (Å²) in [5.41, 5.74) is 4.81. The molecule has 4 aromatic rings. The van der Waals surface area contributed by atoms with Crippen molar-refractivity contribution in [2.75, 3.05) is 0 Å². The third-order valence-electron chi connectivity index (χ3n) is 6.56. The number of benzene rings is 3. The fraction of sp³-hybridized carbons (Fsp3) is 0.111. The zero-order valence-electron chi connectivity index (χ0n) is 18.7. The Morgan fingerprint density at radius 2 is 1.86 bits per heavy atom. The second-order valence-electron chi connectivity index (χ2n) is 8.64. The number of nitro benzene ring substituents is 1. The van der Waals surface area contributed by atoms with E-state index >= 15 is 0 Å². The van der Waals surface area contributed by atoms with Crippen LogP contribution in [-0.2, 0) is 6.42 Å². The molecule has 0 spiro atoms. The summed E-state index contributed by atoms with van der Waals surface area (Å²) >= 11 is 4.47. The Hall–Kier alpha value is -3.82. The van der Waals surface area contributed by atoms with Crippen molar-refractivity contribution in [3.05, 3.63) is 129 Å². The number of phenols is 1. The van der Waals surface area contributed by atoms with E-state index in [-0.39, 0.29) is 17.2 Å². The van der Waals surface area contributed by atoms with Gasteiger partial charge in [0.05, 0.1) is 21.2 Å². The van der Waals surface area contributed by atoms with Gasteiger partial charge in [-0.15, -0.1) is 0 Å². The topological polar surface area (TPSA) is 97.7 Å². The minimum absolute atomic E-state index is 0.187. The molecule has 0 saturated carbocycles. The van der Waals surface area contributed by atoms with Crippen LogP contribution in [0, 0.1) is 10.1 Å². The predicted octanol–water partition coefficient (Wildman–Crippen LogP) is 4.70. The van der Waals surface area contributed by atoms with Gasteiger partial charge in [-0.05, 0) is 41.7 Å². The van der Waals surface area contributed by atoms with Crippen molar-refractivity contribution in [1.29, 1.82) is 0 Å². The summed E-state index contributed by atoms with van der Waals surface area (Å²) < 4.78 is 2.48. The molecule has 1 aliphatic heterocycles. The molecule has 1 aromatic heterocycles. The molecule has 0 fully saturated rings. The number of fused-ring (bicyclic) bond motifs is 3. The zero-order valence-corrected chi connectivity index (χ0v) is 21.1. The highest BCUT2D eigenvalue weighted by Crippen LogP contribution is 2.41. The molecule has 1 unspecified atom stereocenters. The zero-order chi connectivity index (χ0) is 25.0. The molecule has 2 aliphatic rings. The smallest absolute Gasteiger partial charge is 0.312 e. The summed E-state index contributed by atoms with van der Waals surface area (Å²) in [6.45, 7) is 0. The van der Waals surface area contributed by atoms with E-state index in [0.717, 1.165) is 35.2 Å². The maximum atomic E-state index is 13.8. The lowest BCUT2D eigenvalue weighted by Gasteiger charge is -2.30. The maximum Gasteiger partial charge on any atom is 0.312 e. The standard InChI is InChI=1S/C27H18BrN3O4S/c28-18-12-17(25(32)21(14-18)31(34)35)13-22-26(33)30-24(16-7-2-1-3-8-16)20-11-10-15-6-4-5-9-19(15)23(20)29-27(30)36-22/h1-9,12-14,24,32H,10-11H2. The lowest BCUT2D eigenvalue weighted by Crippen LogP contribution is -2.38. The summed E-state index contributed by atoms with van der Waals surface area (Å²) in [6, 6.07) is 20.6. The van der Waals surface area contributed by atoms with E-state index in [4.69, 9.17) is 4.99 Å². The number of allylic oxidation sites excluding steroid dienone is 1. The Kier molecular flexibility index (Phi) is 5.46. The van der Waals surface area contributed by atoms with Crippen molar-refractivity contribution < 1.29 is 10.0 Å². The number of halogens is 1. The molecular formula is C27H18BrN3O4S. The van der Waals surface area contributed by atoms with Gasteiger partial charge in [0, 0.05) is 21.7 Å². The van der Waals surface area contributed by atoms with Gasteiger partial charge in [0.25, 0.3) is 5.56 Å². The third-order valence-corrected chi connectivity index (χ3v) is 8.00. The van der Waals surface area contributed by atoms with Crippen LogP contribution in [0.3, 0.4) is 0 Å². The van der Waals surface area contributed by atoms with Gasteiger partial charge in [-0.1, -0.05) is 81.9 Å². The van der Waals surface area contributed by atoms with Gasteiger partial charge in [-0.2, -0.15) is 0 Å². The number of aromatic nitrogens is 1. The van der Waals surface area contributed by atoms with E-state index in [1.165, 1.54) is 29.0 Å². The fourth-order valence-electron chi connectivity index (χ4n) is 4.95. The van der Waals surface area contributed by atoms with Crippen LogP contribution in [0.4, 0.5) is 5.69 Å². The average molecular weight is 560 g/mol. The molecule has 0 amide bonds. The summed E-state index contributed by atoms with van der Waals surface area (Å²) in [5.74, 6) is -0.484. The summed E-state index contributed by atoms with van der Waals surface area (Å²) in [6.07, 6.45) is 3.15. The predicted molar refractivity (Wildman–Crippen MR) is 142 cm³/mol. The Labute approximate surface area is 217 Å². The molecule has 1 atom stereocenters. The first-order valence-corrected chi connectivity index (χ1v) is 12.9. The minimum Gasteiger partial charge on any atom is -0.502 e. The molecule has 9 heteroatoms. The monoisotopic (exact) mass is 559 g/mol. The highest BCUT2D eigenvalue weighted by Gasteiger charge is 2.32. The lowest BCUT2D eigenvalue weighted by molar-refractivity contribution is -0.385. The molecule has 1 N–H and O–H groups in total. The first-order valence-electron chi connectivity index (χ1n) is 11.3. The van der Waals surface area contributed by atoms with Crippen LogP contribution in [-0.4, -0.2) is 14.6 Å². The van der Waals surface area contributed by atoms with Crippen molar-refractivity contribution in [2.45, 2.75) is 18.9 Å². The fourth-order valence-corrected chi connectivity index (χ4v) is 6.41. The van der Waals surface area contributed by atoms with Crippen LogP contribution in [0.25, 0.3) is 11.8 Å². The first kappa shape index (κ1) is 22.6. The number of aryl methyl sites for hydroxylation is 1. The maximum absolute atomic E-state index is 13.8. The van der Waals surface area contributed by atoms with Gasteiger partial charge in [-0.3, -0.25) is 19.5 Å². The van der Waals surface area contributed by atoms with E-state index in [2.05, 4.69) is 28.1 Å². The number of aromatic hydroxyl groups is 1. The summed E-state index contributed by atoms with van der Waals surface area (Å²) in [5, 5.41) is 21.9. The van der Waals surface area contributed by atoms with Crippen molar-refractivity contribution in [2.24, 2.45) is 4.99 Å². The highest BCUT2D eigenvalue weighted by molar-refractivity contribution is 9.10. The Balaban J connectivity index is 1.62. The molecular weight excluding hydrogens is 542 g/mol. The third kappa shape index (κ3) is 3.63. The number of thiazole rings is 1. The van der Waals surface area contributed by atoms with Gasteiger partial charge < -0.3 is 5.11 Å². The number of hydrogen-bond acceptors (Lipinski definition) is 6. The van der Waals surface area contributed by atoms with Gasteiger partial charge in [0.2, 0.25) is 5.75 Å². The SMILES string of the molecule is O=c1c(=Cc2cc(Br)cc([N+](=O)[O-])c2O)sc2n1C(c1ccccc1)C1=C(N=2)c2ccccc2CC1. The number of phenolic OH excluding ortho intramolecular Hbond substituents is 1. The van der Waals surface area contributed by atoms with Crippen LogP contribution >= 0.6 is 27.3 Å². The van der Waals surface area contributed by atoms with E-state index < -0.39 is 16.4 Å².